The summed E-state index contributed by atoms with van der Waals surface area (Å²) in [5.74, 6) is 0.0521. The number of aliphatic hydroxyl groups excluding tert-OH is 1. The molecule has 2 unspecified atom stereocenters. The van der Waals surface area contributed by atoms with Crippen LogP contribution in [-0.2, 0) is 4.79 Å². The first-order chi connectivity index (χ1) is 10.6. The monoisotopic (exact) mass is 318 g/mol. The first-order valence-electron chi connectivity index (χ1n) is 7.33. The second kappa shape index (κ2) is 8.08. The van der Waals surface area contributed by atoms with Gasteiger partial charge in [-0.3, -0.25) is 4.79 Å². The molecule has 0 saturated carbocycles. The van der Waals surface area contributed by atoms with Crippen molar-refractivity contribution in [3.63, 3.8) is 0 Å². The van der Waals surface area contributed by atoms with Gasteiger partial charge in [-0.1, -0.05) is 18.2 Å². The Morgan fingerprint density at radius 1 is 1.32 bits per heavy atom. The molecule has 1 aromatic heterocycles. The molecule has 0 fully saturated rings. The number of hydrogen-bond acceptors (Lipinski definition) is 4. The Labute approximate surface area is 135 Å². The minimum atomic E-state index is -0.532. The molecule has 22 heavy (non-hydrogen) atoms. The molecule has 2 rings (SSSR count). The summed E-state index contributed by atoms with van der Waals surface area (Å²) in [6, 6.07) is 11.5. The maximum absolute atomic E-state index is 12.3. The molecule has 0 spiro atoms. The van der Waals surface area contributed by atoms with Crippen molar-refractivity contribution in [2.24, 2.45) is 0 Å². The van der Waals surface area contributed by atoms with Crippen molar-refractivity contribution in [3.05, 3.63) is 52.7 Å². The lowest BCUT2D eigenvalue weighted by Gasteiger charge is -2.21. The lowest BCUT2D eigenvalue weighted by Crippen LogP contribution is -2.36. The number of para-hydroxylation sites is 1. The minimum Gasteiger partial charge on any atom is -0.387 e. The molecule has 1 heterocycles. The lowest BCUT2D eigenvalue weighted by atomic mass is 10.1. The number of amides is 1. The topological polar surface area (TPSA) is 52.6 Å². The Kier molecular flexibility index (Phi) is 6.12. The normalized spacial score (nSPS) is 13.6. The summed E-state index contributed by atoms with van der Waals surface area (Å²) < 4.78 is 0. The fraction of sp³-hybridized carbons (Fsp3) is 0.353. The van der Waals surface area contributed by atoms with Gasteiger partial charge in [0.15, 0.2) is 0 Å². The zero-order chi connectivity index (χ0) is 15.9. The first kappa shape index (κ1) is 16.7. The van der Waals surface area contributed by atoms with E-state index in [1.54, 1.807) is 23.3 Å². The second-order valence-electron chi connectivity index (χ2n) is 5.37. The predicted octanol–water partition coefficient (Wildman–Crippen LogP) is 2.81. The van der Waals surface area contributed by atoms with Crippen LogP contribution in [0.4, 0.5) is 5.69 Å². The van der Waals surface area contributed by atoms with Crippen molar-refractivity contribution < 1.29 is 9.90 Å². The molecule has 118 valence electrons. The van der Waals surface area contributed by atoms with E-state index in [2.05, 4.69) is 5.32 Å². The van der Waals surface area contributed by atoms with E-state index in [0.29, 0.717) is 13.0 Å². The van der Waals surface area contributed by atoms with E-state index in [-0.39, 0.29) is 11.9 Å². The molecule has 0 radical (unpaired) electrons. The van der Waals surface area contributed by atoms with Crippen molar-refractivity contribution in [1.29, 1.82) is 0 Å². The predicted molar refractivity (Wildman–Crippen MR) is 91.2 cm³/mol. The molecule has 1 aromatic carbocycles. The van der Waals surface area contributed by atoms with E-state index in [9.17, 15) is 9.90 Å². The van der Waals surface area contributed by atoms with E-state index < -0.39 is 6.10 Å². The van der Waals surface area contributed by atoms with Crippen LogP contribution < -0.4 is 10.2 Å². The molecule has 0 aliphatic rings. The van der Waals surface area contributed by atoms with Gasteiger partial charge in [-0.2, -0.15) is 11.3 Å². The highest BCUT2D eigenvalue weighted by molar-refractivity contribution is 7.07. The van der Waals surface area contributed by atoms with Crippen LogP contribution in [0.1, 0.15) is 25.0 Å². The molecule has 1 amide bonds. The molecule has 4 nitrogen and oxygen atoms in total. The summed E-state index contributed by atoms with van der Waals surface area (Å²) >= 11 is 1.57. The largest absolute Gasteiger partial charge is 0.387 e. The lowest BCUT2D eigenvalue weighted by molar-refractivity contribution is -0.118. The molecule has 2 atom stereocenters. The number of carbonyl (C=O) groups excluding carboxylic acids is 1. The number of thiophene rings is 1. The summed E-state index contributed by atoms with van der Waals surface area (Å²) in [5, 5.41) is 17.1. The van der Waals surface area contributed by atoms with Crippen LogP contribution in [-0.4, -0.2) is 30.6 Å². The Hall–Kier alpha value is -1.69. The molecular weight excluding hydrogens is 296 g/mol. The first-order valence-corrected chi connectivity index (χ1v) is 8.27. The zero-order valence-electron chi connectivity index (χ0n) is 12.9. The van der Waals surface area contributed by atoms with Gasteiger partial charge >= 0.3 is 0 Å². The highest BCUT2D eigenvalue weighted by atomic mass is 32.1. The van der Waals surface area contributed by atoms with E-state index in [4.69, 9.17) is 0 Å². The van der Waals surface area contributed by atoms with Crippen LogP contribution >= 0.6 is 11.3 Å². The molecule has 2 N–H and O–H groups in total. The van der Waals surface area contributed by atoms with Gasteiger partial charge in [0.2, 0.25) is 5.91 Å². The smallest absolute Gasteiger partial charge is 0.228 e. The maximum Gasteiger partial charge on any atom is 0.228 e. The summed E-state index contributed by atoms with van der Waals surface area (Å²) in [6.45, 7) is 2.40. The molecule has 0 saturated heterocycles. The standard InChI is InChI=1S/C17H22N2O2S/c1-13(18-11-16(20)14-8-9-22-12-14)10-17(21)19(2)15-6-4-3-5-7-15/h3-9,12-13,16,18,20H,10-11H2,1-2H3. The fourth-order valence-electron chi connectivity index (χ4n) is 2.16. The van der Waals surface area contributed by atoms with Crippen LogP contribution in [0.3, 0.4) is 0 Å². The van der Waals surface area contributed by atoms with Gasteiger partial charge in [-0.05, 0) is 41.4 Å². The maximum atomic E-state index is 12.3. The van der Waals surface area contributed by atoms with Gasteiger partial charge in [0.1, 0.15) is 0 Å². The van der Waals surface area contributed by atoms with Gasteiger partial charge in [-0.25, -0.2) is 0 Å². The molecular formula is C17H22N2O2S. The van der Waals surface area contributed by atoms with E-state index >= 15 is 0 Å². The molecule has 0 aliphatic carbocycles. The van der Waals surface area contributed by atoms with Crippen molar-refractivity contribution in [3.8, 4) is 0 Å². The van der Waals surface area contributed by atoms with Gasteiger partial charge in [0, 0.05) is 31.7 Å². The van der Waals surface area contributed by atoms with Crippen LogP contribution in [0.2, 0.25) is 0 Å². The number of aliphatic hydroxyl groups is 1. The SMILES string of the molecule is CC(CC(=O)N(C)c1ccccc1)NCC(O)c1ccsc1. The third kappa shape index (κ3) is 4.66. The van der Waals surface area contributed by atoms with Crippen molar-refractivity contribution in [2.45, 2.75) is 25.5 Å². The van der Waals surface area contributed by atoms with E-state index in [1.807, 2.05) is 54.1 Å². The van der Waals surface area contributed by atoms with Gasteiger partial charge < -0.3 is 15.3 Å². The third-order valence-corrected chi connectivity index (χ3v) is 4.29. The molecule has 2 aromatic rings. The van der Waals surface area contributed by atoms with Crippen molar-refractivity contribution >= 4 is 22.9 Å². The average molecular weight is 318 g/mol. The number of hydrogen-bond donors (Lipinski definition) is 2. The highest BCUT2D eigenvalue weighted by Crippen LogP contribution is 2.16. The van der Waals surface area contributed by atoms with Crippen LogP contribution in [0, 0.1) is 0 Å². The summed E-state index contributed by atoms with van der Waals surface area (Å²) in [5.41, 5.74) is 1.80. The second-order valence-corrected chi connectivity index (χ2v) is 6.15. The van der Waals surface area contributed by atoms with Gasteiger partial charge in [0.25, 0.3) is 0 Å². The zero-order valence-corrected chi connectivity index (χ0v) is 13.7. The molecule has 0 aliphatic heterocycles. The minimum absolute atomic E-state index is 0.00643. The Morgan fingerprint density at radius 3 is 2.68 bits per heavy atom. The quantitative estimate of drug-likeness (QED) is 0.825. The molecule has 0 bridgehead atoms. The summed E-state index contributed by atoms with van der Waals surface area (Å²) in [6.07, 6.45) is -0.141. The Bertz CT molecular complexity index is 572. The number of carbonyl (C=O) groups is 1. The number of nitrogens with one attached hydrogen (secondary N) is 1. The van der Waals surface area contributed by atoms with Crippen molar-refractivity contribution in [1.82, 2.24) is 5.32 Å². The van der Waals surface area contributed by atoms with E-state index in [0.717, 1.165) is 11.3 Å². The average Bonchev–Trinajstić information content (AvgIpc) is 3.07. The van der Waals surface area contributed by atoms with Gasteiger partial charge in [-0.15, -0.1) is 0 Å². The van der Waals surface area contributed by atoms with E-state index in [1.165, 1.54) is 0 Å². The van der Waals surface area contributed by atoms with Crippen molar-refractivity contribution in [2.75, 3.05) is 18.5 Å². The Morgan fingerprint density at radius 2 is 2.05 bits per heavy atom. The number of rotatable bonds is 7. The fourth-order valence-corrected chi connectivity index (χ4v) is 2.87. The number of nitrogens with zero attached hydrogens (tertiary/aromatic N) is 1. The third-order valence-electron chi connectivity index (χ3n) is 3.59. The van der Waals surface area contributed by atoms with Crippen LogP contribution in [0.5, 0.6) is 0 Å². The number of anilines is 1. The summed E-state index contributed by atoms with van der Waals surface area (Å²) in [7, 11) is 1.78. The number of benzene rings is 1. The Balaban J connectivity index is 1.79. The van der Waals surface area contributed by atoms with Crippen LogP contribution in [0.25, 0.3) is 0 Å². The van der Waals surface area contributed by atoms with Crippen LogP contribution in [0.15, 0.2) is 47.2 Å². The highest BCUT2D eigenvalue weighted by Gasteiger charge is 2.16. The summed E-state index contributed by atoms with van der Waals surface area (Å²) in [4.78, 5) is 13.9. The van der Waals surface area contributed by atoms with Gasteiger partial charge in [0.05, 0.1) is 6.10 Å². The molecule has 5 heteroatoms.